The lowest BCUT2D eigenvalue weighted by Crippen LogP contribution is -2.29. The molecule has 9 heteroatoms. The lowest BCUT2D eigenvalue weighted by atomic mass is 10.1. The van der Waals surface area contributed by atoms with Crippen molar-refractivity contribution in [2.75, 3.05) is 13.2 Å². The summed E-state index contributed by atoms with van der Waals surface area (Å²) in [6.07, 6.45) is 0. The highest BCUT2D eigenvalue weighted by molar-refractivity contribution is 6.35. The van der Waals surface area contributed by atoms with E-state index < -0.39 is 18.5 Å². The lowest BCUT2D eigenvalue weighted by molar-refractivity contribution is -0.307. The van der Waals surface area contributed by atoms with Crippen molar-refractivity contribution in [3.05, 3.63) is 58.1 Å². The van der Waals surface area contributed by atoms with E-state index >= 15 is 0 Å². The molecule has 0 spiro atoms. The van der Waals surface area contributed by atoms with Crippen molar-refractivity contribution in [2.24, 2.45) is 5.10 Å². The number of rotatable bonds is 8. The number of hydrazone groups is 1. The summed E-state index contributed by atoms with van der Waals surface area (Å²) >= 11 is 11.8. The van der Waals surface area contributed by atoms with Gasteiger partial charge in [0, 0.05) is 10.6 Å². The Labute approximate surface area is 165 Å². The first kappa shape index (κ1) is 20.5. The van der Waals surface area contributed by atoms with Crippen LogP contribution in [0.5, 0.6) is 11.5 Å². The molecule has 1 N–H and O–H groups in total. The highest BCUT2D eigenvalue weighted by atomic mass is 35.5. The first-order valence-corrected chi connectivity index (χ1v) is 8.45. The van der Waals surface area contributed by atoms with Crippen molar-refractivity contribution in [3.63, 3.8) is 0 Å². The molecule has 0 aromatic heterocycles. The fourth-order valence-corrected chi connectivity index (χ4v) is 2.39. The lowest BCUT2D eigenvalue weighted by Gasteiger charge is -2.09. The monoisotopic (exact) mass is 409 g/mol. The Kier molecular flexibility index (Phi) is 7.45. The van der Waals surface area contributed by atoms with Gasteiger partial charge in [0.25, 0.3) is 5.91 Å². The number of carboxylic acid groups (broad SMARTS) is 1. The summed E-state index contributed by atoms with van der Waals surface area (Å²) in [6, 6.07) is 11.3. The van der Waals surface area contributed by atoms with Crippen LogP contribution in [-0.4, -0.2) is 30.8 Å². The summed E-state index contributed by atoms with van der Waals surface area (Å²) in [5, 5.41) is 15.2. The van der Waals surface area contributed by atoms with Crippen molar-refractivity contribution in [3.8, 4) is 11.5 Å². The molecule has 0 saturated carbocycles. The van der Waals surface area contributed by atoms with Crippen LogP contribution >= 0.6 is 23.2 Å². The largest absolute Gasteiger partial charge is 0.546 e. The molecule has 0 aliphatic heterocycles. The number of carboxylic acids is 1. The molecule has 0 unspecified atom stereocenters. The quantitative estimate of drug-likeness (QED) is 0.530. The van der Waals surface area contributed by atoms with Gasteiger partial charge < -0.3 is 19.4 Å². The molecule has 0 heterocycles. The van der Waals surface area contributed by atoms with Gasteiger partial charge in [-0.1, -0.05) is 35.3 Å². The Morgan fingerprint density at radius 1 is 1.11 bits per heavy atom. The molecule has 0 aliphatic carbocycles. The van der Waals surface area contributed by atoms with Crippen LogP contribution in [0.3, 0.4) is 0 Å². The number of hydrogen-bond acceptors (Lipinski definition) is 6. The second-order valence-corrected chi connectivity index (χ2v) is 6.13. The van der Waals surface area contributed by atoms with Crippen LogP contribution in [0.25, 0.3) is 0 Å². The van der Waals surface area contributed by atoms with E-state index in [2.05, 4.69) is 10.5 Å². The zero-order valence-electron chi connectivity index (χ0n) is 14.2. The Morgan fingerprint density at radius 2 is 1.89 bits per heavy atom. The molecule has 0 aliphatic rings. The topological polar surface area (TPSA) is 100 Å². The average molecular weight is 410 g/mol. The standard InChI is InChI=1S/C18H16Cl2N2O5/c1-11(12-3-2-4-14(7-12)26-10-18(24)25)21-22-17(23)9-27-16-6-5-13(19)8-15(16)20/h2-8H,9-10H2,1H3,(H,22,23)(H,24,25)/p-1/b21-11-. The van der Waals surface area contributed by atoms with Gasteiger partial charge in [0.15, 0.2) is 6.61 Å². The molecule has 2 rings (SSSR count). The molecule has 7 nitrogen and oxygen atoms in total. The van der Waals surface area contributed by atoms with E-state index in [9.17, 15) is 14.7 Å². The van der Waals surface area contributed by atoms with Gasteiger partial charge in [-0.05, 0) is 37.3 Å². The molecular formula is C18H15Cl2N2O5-. The van der Waals surface area contributed by atoms with Crippen LogP contribution in [-0.2, 0) is 9.59 Å². The molecule has 2 aromatic carbocycles. The third kappa shape index (κ3) is 6.80. The first-order valence-electron chi connectivity index (χ1n) is 7.69. The molecule has 2 aromatic rings. The van der Waals surface area contributed by atoms with E-state index in [-0.39, 0.29) is 6.61 Å². The number of benzene rings is 2. The molecular weight excluding hydrogens is 395 g/mol. The number of hydrogen-bond donors (Lipinski definition) is 1. The van der Waals surface area contributed by atoms with Crippen molar-refractivity contribution >= 4 is 40.8 Å². The van der Waals surface area contributed by atoms with E-state index in [0.29, 0.717) is 32.8 Å². The Morgan fingerprint density at radius 3 is 2.59 bits per heavy atom. The summed E-state index contributed by atoms with van der Waals surface area (Å²) in [7, 11) is 0. The van der Waals surface area contributed by atoms with E-state index in [1.165, 1.54) is 6.07 Å². The van der Waals surface area contributed by atoms with Gasteiger partial charge in [-0.15, -0.1) is 0 Å². The predicted molar refractivity (Wildman–Crippen MR) is 99.3 cm³/mol. The molecule has 0 bridgehead atoms. The van der Waals surface area contributed by atoms with E-state index in [0.717, 1.165) is 0 Å². The maximum Gasteiger partial charge on any atom is 0.277 e. The number of ether oxygens (including phenoxy) is 2. The summed E-state index contributed by atoms with van der Waals surface area (Å²) in [5.74, 6) is -1.13. The summed E-state index contributed by atoms with van der Waals surface area (Å²) in [4.78, 5) is 22.3. The summed E-state index contributed by atoms with van der Waals surface area (Å²) < 4.78 is 10.4. The number of amides is 1. The molecule has 0 atom stereocenters. The van der Waals surface area contributed by atoms with Gasteiger partial charge in [0.05, 0.1) is 16.7 Å². The number of aliphatic carboxylic acids is 1. The zero-order valence-corrected chi connectivity index (χ0v) is 15.7. The average Bonchev–Trinajstić information content (AvgIpc) is 2.64. The van der Waals surface area contributed by atoms with Gasteiger partial charge in [-0.3, -0.25) is 4.79 Å². The smallest absolute Gasteiger partial charge is 0.277 e. The normalized spacial score (nSPS) is 11.0. The minimum atomic E-state index is -1.32. The predicted octanol–water partition coefficient (Wildman–Crippen LogP) is 2.04. The van der Waals surface area contributed by atoms with Crippen LogP contribution in [0.15, 0.2) is 47.6 Å². The van der Waals surface area contributed by atoms with Crippen molar-refractivity contribution in [1.29, 1.82) is 0 Å². The van der Waals surface area contributed by atoms with E-state index in [1.54, 1.807) is 43.3 Å². The first-order chi connectivity index (χ1) is 12.8. The maximum absolute atomic E-state index is 11.9. The van der Waals surface area contributed by atoms with Crippen LogP contribution < -0.4 is 20.0 Å². The number of carbonyl (C=O) groups is 2. The van der Waals surface area contributed by atoms with Crippen molar-refractivity contribution < 1.29 is 24.2 Å². The Balaban J connectivity index is 1.91. The summed E-state index contributed by atoms with van der Waals surface area (Å²) in [6.45, 7) is 0.836. The number of nitrogens with one attached hydrogen (secondary N) is 1. The van der Waals surface area contributed by atoms with Gasteiger partial charge >= 0.3 is 0 Å². The second kappa shape index (κ2) is 9.80. The van der Waals surface area contributed by atoms with E-state index in [4.69, 9.17) is 32.7 Å². The zero-order chi connectivity index (χ0) is 19.8. The van der Waals surface area contributed by atoms with Gasteiger partial charge in [-0.25, -0.2) is 5.43 Å². The minimum Gasteiger partial charge on any atom is -0.546 e. The highest BCUT2D eigenvalue weighted by Gasteiger charge is 2.07. The highest BCUT2D eigenvalue weighted by Crippen LogP contribution is 2.27. The van der Waals surface area contributed by atoms with E-state index in [1.807, 2.05) is 0 Å². The van der Waals surface area contributed by atoms with Gasteiger partial charge in [0.2, 0.25) is 0 Å². The molecule has 142 valence electrons. The number of carbonyl (C=O) groups excluding carboxylic acids is 2. The van der Waals surface area contributed by atoms with Crippen LogP contribution in [0.1, 0.15) is 12.5 Å². The maximum atomic E-state index is 11.9. The van der Waals surface area contributed by atoms with Gasteiger partial charge in [0.1, 0.15) is 18.1 Å². The number of nitrogens with zero attached hydrogens (tertiary/aromatic N) is 1. The molecule has 0 radical (unpaired) electrons. The molecule has 1 amide bonds. The minimum absolute atomic E-state index is 0.285. The third-order valence-corrected chi connectivity index (χ3v) is 3.74. The molecule has 0 fully saturated rings. The van der Waals surface area contributed by atoms with Crippen molar-refractivity contribution in [2.45, 2.75) is 6.92 Å². The SMILES string of the molecule is C/C(=N/NC(=O)COc1ccc(Cl)cc1Cl)c1cccc(OCC(=O)[O-])c1. The van der Waals surface area contributed by atoms with Crippen molar-refractivity contribution in [1.82, 2.24) is 5.43 Å². The third-order valence-electron chi connectivity index (χ3n) is 3.21. The van der Waals surface area contributed by atoms with Crippen LogP contribution in [0.2, 0.25) is 10.0 Å². The summed E-state index contributed by atoms with van der Waals surface area (Å²) in [5.41, 5.74) is 3.50. The van der Waals surface area contributed by atoms with Crippen LogP contribution in [0.4, 0.5) is 0 Å². The Hall–Kier alpha value is -2.77. The fraction of sp³-hybridized carbons (Fsp3) is 0.167. The fourth-order valence-electron chi connectivity index (χ4n) is 1.93. The van der Waals surface area contributed by atoms with Crippen LogP contribution in [0, 0.1) is 0 Å². The molecule has 0 saturated heterocycles. The second-order valence-electron chi connectivity index (χ2n) is 5.28. The Bertz CT molecular complexity index is 871. The number of halogens is 2. The van der Waals surface area contributed by atoms with Gasteiger partial charge in [-0.2, -0.15) is 5.10 Å². The molecule has 27 heavy (non-hydrogen) atoms.